The second-order valence-electron chi connectivity index (χ2n) is 8.90. The first-order chi connectivity index (χ1) is 19.0. The maximum Gasteiger partial charge on any atom is 0.251 e. The van der Waals surface area contributed by atoms with Crippen LogP contribution in [0, 0.1) is 0 Å². The number of carbonyl (C=O) groups excluding carboxylic acids is 2. The number of methoxy groups -OCH3 is 3. The highest BCUT2D eigenvalue weighted by atomic mass is 16.5. The van der Waals surface area contributed by atoms with Crippen LogP contribution in [0.1, 0.15) is 22.7 Å². The van der Waals surface area contributed by atoms with Gasteiger partial charge in [-0.2, -0.15) is 0 Å². The number of hydrogen-bond acceptors (Lipinski definition) is 5. The average molecular weight is 525 g/mol. The predicted molar refractivity (Wildman–Crippen MR) is 151 cm³/mol. The summed E-state index contributed by atoms with van der Waals surface area (Å²) in [5.74, 6) is 1.14. The molecule has 4 aromatic rings. The van der Waals surface area contributed by atoms with E-state index in [1.54, 1.807) is 49.5 Å². The smallest absolute Gasteiger partial charge is 0.251 e. The average Bonchev–Trinajstić information content (AvgIpc) is 2.98. The van der Waals surface area contributed by atoms with Crippen LogP contribution in [0.3, 0.4) is 0 Å². The lowest BCUT2D eigenvalue weighted by Gasteiger charge is -2.32. The van der Waals surface area contributed by atoms with Gasteiger partial charge in [0.15, 0.2) is 0 Å². The van der Waals surface area contributed by atoms with Crippen molar-refractivity contribution in [2.75, 3.05) is 26.6 Å². The zero-order chi connectivity index (χ0) is 27.6. The molecular formula is C32H32N2O5. The predicted octanol–water partition coefficient (Wildman–Crippen LogP) is 5.66. The minimum atomic E-state index is -0.931. The molecule has 0 bridgehead atoms. The van der Waals surface area contributed by atoms with Gasteiger partial charge in [-0.05, 0) is 41.0 Å². The molecule has 0 radical (unpaired) electrons. The summed E-state index contributed by atoms with van der Waals surface area (Å²) in [6, 6.07) is 30.6. The molecule has 0 heterocycles. The molecule has 0 aromatic heterocycles. The van der Waals surface area contributed by atoms with Crippen LogP contribution in [0.15, 0.2) is 103 Å². The van der Waals surface area contributed by atoms with E-state index in [0.717, 1.165) is 11.1 Å². The molecule has 0 aliphatic carbocycles. The molecule has 0 aliphatic rings. The summed E-state index contributed by atoms with van der Waals surface area (Å²) >= 11 is 0. The van der Waals surface area contributed by atoms with Crippen molar-refractivity contribution in [3.05, 3.63) is 120 Å². The molecule has 1 N–H and O–H groups in total. The minimum absolute atomic E-state index is 0.152. The van der Waals surface area contributed by atoms with Gasteiger partial charge in [0.2, 0.25) is 5.91 Å². The van der Waals surface area contributed by atoms with Crippen LogP contribution in [0.2, 0.25) is 0 Å². The van der Waals surface area contributed by atoms with E-state index in [0.29, 0.717) is 28.5 Å². The first-order valence-corrected chi connectivity index (χ1v) is 12.6. The van der Waals surface area contributed by atoms with Gasteiger partial charge in [0.1, 0.15) is 23.3 Å². The van der Waals surface area contributed by atoms with Crippen LogP contribution in [0.4, 0.5) is 5.69 Å². The molecule has 0 aliphatic heterocycles. The normalized spacial score (nSPS) is 11.3. The Morgan fingerprint density at radius 1 is 0.718 bits per heavy atom. The summed E-state index contributed by atoms with van der Waals surface area (Å²) in [6.07, 6.45) is 0.152. The molecule has 1 atom stereocenters. The molecule has 200 valence electrons. The fourth-order valence-electron chi connectivity index (χ4n) is 4.34. The molecule has 0 spiro atoms. The number of nitrogens with zero attached hydrogens (tertiary/aromatic N) is 1. The van der Waals surface area contributed by atoms with E-state index in [1.165, 1.54) is 7.11 Å². The van der Waals surface area contributed by atoms with Crippen molar-refractivity contribution in [2.24, 2.45) is 0 Å². The van der Waals surface area contributed by atoms with E-state index in [2.05, 4.69) is 5.32 Å². The van der Waals surface area contributed by atoms with Crippen LogP contribution < -0.4 is 19.5 Å². The Morgan fingerprint density at radius 2 is 1.31 bits per heavy atom. The zero-order valence-electron chi connectivity index (χ0n) is 22.3. The van der Waals surface area contributed by atoms with Gasteiger partial charge in [-0.15, -0.1) is 0 Å². The van der Waals surface area contributed by atoms with Crippen LogP contribution >= 0.6 is 0 Å². The fourth-order valence-corrected chi connectivity index (χ4v) is 4.34. The van der Waals surface area contributed by atoms with E-state index in [9.17, 15) is 9.59 Å². The van der Waals surface area contributed by atoms with Crippen molar-refractivity contribution >= 4 is 17.5 Å². The number of ether oxygens (including phenoxy) is 3. The van der Waals surface area contributed by atoms with Crippen LogP contribution in [-0.2, 0) is 22.6 Å². The van der Waals surface area contributed by atoms with Gasteiger partial charge in [0.25, 0.3) is 5.91 Å². The number of nitrogens with one attached hydrogen (secondary N) is 1. The Hall–Kier alpha value is -4.78. The maximum absolute atomic E-state index is 14.1. The summed E-state index contributed by atoms with van der Waals surface area (Å²) in [5.41, 5.74) is 2.90. The molecular weight excluding hydrogens is 492 g/mol. The monoisotopic (exact) mass is 524 g/mol. The van der Waals surface area contributed by atoms with Crippen LogP contribution in [0.25, 0.3) is 0 Å². The standard InChI is InChI=1S/C32H32N2O5/c1-37-26-16-14-25(15-17-26)31(32(36)33-28-19-18-27(38-2)21-29(28)39-3)34(22-24-12-8-5-9-13-24)30(35)20-23-10-6-4-7-11-23/h4-19,21,31H,20,22H2,1-3H3,(H,33,36)/t31-/m0/s1. The van der Waals surface area contributed by atoms with Crippen molar-refractivity contribution in [3.63, 3.8) is 0 Å². The van der Waals surface area contributed by atoms with Gasteiger partial charge in [0.05, 0.1) is 33.4 Å². The van der Waals surface area contributed by atoms with Gasteiger partial charge >= 0.3 is 0 Å². The summed E-state index contributed by atoms with van der Waals surface area (Å²) in [6.45, 7) is 0.246. The maximum atomic E-state index is 14.1. The molecule has 0 unspecified atom stereocenters. The van der Waals surface area contributed by atoms with Gasteiger partial charge < -0.3 is 24.4 Å². The number of anilines is 1. The Bertz CT molecular complexity index is 1380. The lowest BCUT2D eigenvalue weighted by Crippen LogP contribution is -2.41. The highest BCUT2D eigenvalue weighted by molar-refractivity contribution is 5.99. The fraction of sp³-hybridized carbons (Fsp3) is 0.188. The van der Waals surface area contributed by atoms with E-state index < -0.39 is 6.04 Å². The molecule has 0 fully saturated rings. The summed E-state index contributed by atoms with van der Waals surface area (Å²) < 4.78 is 16.1. The van der Waals surface area contributed by atoms with Crippen molar-refractivity contribution < 1.29 is 23.8 Å². The third-order valence-corrected chi connectivity index (χ3v) is 6.37. The number of rotatable bonds is 11. The Kier molecular flexibility index (Phi) is 9.19. The molecule has 0 saturated heterocycles. The third-order valence-electron chi connectivity index (χ3n) is 6.37. The first kappa shape index (κ1) is 27.3. The summed E-state index contributed by atoms with van der Waals surface area (Å²) in [4.78, 5) is 29.6. The van der Waals surface area contributed by atoms with Gasteiger partial charge in [-0.1, -0.05) is 72.8 Å². The first-order valence-electron chi connectivity index (χ1n) is 12.6. The topological polar surface area (TPSA) is 77.1 Å². The van der Waals surface area contributed by atoms with E-state index >= 15 is 0 Å². The molecule has 0 saturated carbocycles. The molecule has 4 aromatic carbocycles. The molecule has 7 nitrogen and oxygen atoms in total. The van der Waals surface area contributed by atoms with Crippen LogP contribution in [0.5, 0.6) is 17.2 Å². The summed E-state index contributed by atoms with van der Waals surface area (Å²) in [5, 5.41) is 2.98. The molecule has 2 amide bonds. The third kappa shape index (κ3) is 6.96. The SMILES string of the molecule is COc1ccc([C@@H](C(=O)Nc2ccc(OC)cc2OC)N(Cc2ccccc2)C(=O)Cc2ccccc2)cc1. The Morgan fingerprint density at radius 3 is 1.90 bits per heavy atom. The highest BCUT2D eigenvalue weighted by Crippen LogP contribution is 2.32. The Balaban J connectivity index is 1.75. The van der Waals surface area contributed by atoms with E-state index in [-0.39, 0.29) is 24.8 Å². The molecule has 39 heavy (non-hydrogen) atoms. The minimum Gasteiger partial charge on any atom is -0.497 e. The van der Waals surface area contributed by atoms with Crippen molar-refractivity contribution in [3.8, 4) is 17.2 Å². The van der Waals surface area contributed by atoms with Crippen molar-refractivity contribution in [1.29, 1.82) is 0 Å². The lowest BCUT2D eigenvalue weighted by molar-refractivity contribution is -0.139. The second kappa shape index (κ2) is 13.1. The Labute approximate surface area is 228 Å². The lowest BCUT2D eigenvalue weighted by atomic mass is 10.0. The van der Waals surface area contributed by atoms with E-state index in [1.807, 2.05) is 72.8 Å². The molecule has 7 heteroatoms. The van der Waals surface area contributed by atoms with Gasteiger partial charge in [-0.25, -0.2) is 0 Å². The zero-order valence-corrected chi connectivity index (χ0v) is 22.3. The van der Waals surface area contributed by atoms with Crippen molar-refractivity contribution in [2.45, 2.75) is 19.0 Å². The van der Waals surface area contributed by atoms with Gasteiger partial charge in [-0.3, -0.25) is 9.59 Å². The van der Waals surface area contributed by atoms with Gasteiger partial charge in [0, 0.05) is 12.6 Å². The number of benzene rings is 4. The van der Waals surface area contributed by atoms with Crippen molar-refractivity contribution in [1.82, 2.24) is 4.90 Å². The molecule has 4 rings (SSSR count). The van der Waals surface area contributed by atoms with Crippen LogP contribution in [-0.4, -0.2) is 38.0 Å². The number of amides is 2. The summed E-state index contributed by atoms with van der Waals surface area (Å²) in [7, 11) is 4.67. The number of hydrogen-bond donors (Lipinski definition) is 1. The second-order valence-corrected chi connectivity index (χ2v) is 8.90. The number of carbonyl (C=O) groups is 2. The quantitative estimate of drug-likeness (QED) is 0.274. The largest absolute Gasteiger partial charge is 0.497 e. The highest BCUT2D eigenvalue weighted by Gasteiger charge is 2.32. The van der Waals surface area contributed by atoms with E-state index in [4.69, 9.17) is 14.2 Å².